The lowest BCUT2D eigenvalue weighted by Gasteiger charge is -2.30. The Kier molecular flexibility index (Phi) is 3.91. The van der Waals surface area contributed by atoms with Gasteiger partial charge in [-0.1, -0.05) is 42.5 Å². The molecule has 0 saturated heterocycles. The first-order valence-corrected chi connectivity index (χ1v) is 10.1. The van der Waals surface area contributed by atoms with Crippen LogP contribution in [-0.2, 0) is 19.9 Å². The van der Waals surface area contributed by atoms with Gasteiger partial charge in [0.05, 0.1) is 0 Å². The van der Waals surface area contributed by atoms with Crippen molar-refractivity contribution in [3.8, 4) is 5.75 Å². The molecule has 0 radical (unpaired) electrons. The SMILES string of the molecule is Cc1ccc(C2(c3ccc(O)c(C)c3)OS(=O)(=O)c3ccccc32)cc1C. The molecule has 1 aliphatic rings. The Morgan fingerprint density at radius 2 is 1.44 bits per heavy atom. The number of phenolic OH excluding ortho intramolecular Hbond substituents is 1. The lowest BCUT2D eigenvalue weighted by molar-refractivity contribution is 0.180. The van der Waals surface area contributed by atoms with E-state index < -0.39 is 15.7 Å². The monoisotopic (exact) mass is 380 g/mol. The van der Waals surface area contributed by atoms with Gasteiger partial charge in [-0.05, 0) is 66.8 Å². The van der Waals surface area contributed by atoms with Gasteiger partial charge < -0.3 is 5.11 Å². The average Bonchev–Trinajstić information content (AvgIpc) is 2.89. The fourth-order valence-corrected chi connectivity index (χ4v) is 5.07. The van der Waals surface area contributed by atoms with Crippen LogP contribution in [0.2, 0.25) is 0 Å². The highest BCUT2D eigenvalue weighted by molar-refractivity contribution is 7.87. The highest BCUT2D eigenvalue weighted by Gasteiger charge is 2.51. The summed E-state index contributed by atoms with van der Waals surface area (Å²) in [6, 6.07) is 17.8. The molecule has 1 heterocycles. The molecule has 4 rings (SSSR count). The van der Waals surface area contributed by atoms with Gasteiger partial charge in [0.25, 0.3) is 10.1 Å². The van der Waals surface area contributed by atoms with Gasteiger partial charge in [0.1, 0.15) is 10.6 Å². The molecule has 0 aliphatic carbocycles. The van der Waals surface area contributed by atoms with Crippen LogP contribution in [0, 0.1) is 20.8 Å². The van der Waals surface area contributed by atoms with E-state index in [1.54, 1.807) is 43.3 Å². The number of benzene rings is 3. The topological polar surface area (TPSA) is 63.6 Å². The Labute approximate surface area is 159 Å². The summed E-state index contributed by atoms with van der Waals surface area (Å²) in [5.74, 6) is 0.156. The molecule has 5 heteroatoms. The average molecular weight is 380 g/mol. The molecule has 0 bridgehead atoms. The summed E-state index contributed by atoms with van der Waals surface area (Å²) in [4.78, 5) is 0.175. The van der Waals surface area contributed by atoms with Crippen molar-refractivity contribution in [3.05, 3.63) is 94.0 Å². The zero-order valence-electron chi connectivity index (χ0n) is 15.4. The third-order valence-corrected chi connectivity index (χ3v) is 6.65. The van der Waals surface area contributed by atoms with E-state index in [4.69, 9.17) is 4.18 Å². The van der Waals surface area contributed by atoms with Gasteiger partial charge in [0.15, 0.2) is 5.60 Å². The fraction of sp³-hybridized carbons (Fsp3) is 0.182. The standard InChI is InChI=1S/C22H20O4S/c1-14-8-9-17(12-15(14)2)22(18-10-11-20(23)16(3)13-18)19-6-4-5-7-21(19)27(24,25)26-22/h4-13,23H,1-3H3. The first-order chi connectivity index (χ1) is 12.8. The molecule has 4 nitrogen and oxygen atoms in total. The second kappa shape index (κ2) is 5.94. The highest BCUT2D eigenvalue weighted by Crippen LogP contribution is 2.50. The normalized spacial score (nSPS) is 20.4. The van der Waals surface area contributed by atoms with Crippen LogP contribution in [0.15, 0.2) is 65.6 Å². The van der Waals surface area contributed by atoms with E-state index in [9.17, 15) is 13.5 Å². The van der Waals surface area contributed by atoms with Crippen LogP contribution in [0.4, 0.5) is 0 Å². The minimum Gasteiger partial charge on any atom is -0.508 e. The molecule has 3 aromatic rings. The molecule has 0 spiro atoms. The quantitative estimate of drug-likeness (QED) is 0.672. The van der Waals surface area contributed by atoms with Gasteiger partial charge in [-0.15, -0.1) is 0 Å². The smallest absolute Gasteiger partial charge is 0.298 e. The highest BCUT2D eigenvalue weighted by atomic mass is 32.2. The van der Waals surface area contributed by atoms with Crippen molar-refractivity contribution in [1.29, 1.82) is 0 Å². The Morgan fingerprint density at radius 3 is 2.11 bits per heavy atom. The summed E-state index contributed by atoms with van der Waals surface area (Å²) in [7, 11) is -3.92. The van der Waals surface area contributed by atoms with E-state index in [0.29, 0.717) is 16.7 Å². The van der Waals surface area contributed by atoms with E-state index in [0.717, 1.165) is 16.7 Å². The van der Waals surface area contributed by atoms with E-state index in [2.05, 4.69) is 0 Å². The predicted octanol–water partition coefficient (Wildman–Crippen LogP) is 4.33. The molecule has 0 amide bonds. The first-order valence-electron chi connectivity index (χ1n) is 8.69. The molecular formula is C22H20O4S. The van der Waals surface area contributed by atoms with Crippen LogP contribution in [0.25, 0.3) is 0 Å². The van der Waals surface area contributed by atoms with Gasteiger partial charge in [-0.3, -0.25) is 0 Å². The fourth-order valence-electron chi connectivity index (χ4n) is 3.64. The third-order valence-electron chi connectivity index (χ3n) is 5.29. The van der Waals surface area contributed by atoms with Crippen LogP contribution in [0.5, 0.6) is 5.75 Å². The first kappa shape index (κ1) is 17.8. The second-order valence-electron chi connectivity index (χ2n) is 7.02. The molecule has 0 saturated carbocycles. The van der Waals surface area contributed by atoms with Crippen molar-refractivity contribution in [3.63, 3.8) is 0 Å². The predicted molar refractivity (Wildman–Crippen MR) is 103 cm³/mol. The molecule has 27 heavy (non-hydrogen) atoms. The zero-order valence-corrected chi connectivity index (χ0v) is 16.2. The maximum atomic E-state index is 12.8. The molecule has 1 unspecified atom stereocenters. The number of aryl methyl sites for hydroxylation is 3. The number of rotatable bonds is 2. The third kappa shape index (κ3) is 2.58. The van der Waals surface area contributed by atoms with E-state index in [1.165, 1.54) is 0 Å². The van der Waals surface area contributed by atoms with Crippen molar-refractivity contribution < 1.29 is 17.7 Å². The number of aromatic hydroxyl groups is 1. The Morgan fingerprint density at radius 1 is 0.815 bits per heavy atom. The van der Waals surface area contributed by atoms with Crippen LogP contribution in [-0.4, -0.2) is 13.5 Å². The van der Waals surface area contributed by atoms with Crippen molar-refractivity contribution in [2.75, 3.05) is 0 Å². The molecule has 3 aromatic carbocycles. The van der Waals surface area contributed by atoms with E-state index in [1.807, 2.05) is 38.1 Å². The van der Waals surface area contributed by atoms with Crippen molar-refractivity contribution in [2.45, 2.75) is 31.3 Å². The van der Waals surface area contributed by atoms with Crippen LogP contribution in [0.3, 0.4) is 0 Å². The maximum absolute atomic E-state index is 12.8. The Balaban J connectivity index is 2.12. The number of phenols is 1. The zero-order chi connectivity index (χ0) is 19.4. The summed E-state index contributed by atoms with van der Waals surface area (Å²) in [5.41, 5.74) is 3.52. The van der Waals surface area contributed by atoms with Gasteiger partial charge in [-0.25, -0.2) is 4.18 Å². The minimum atomic E-state index is -3.92. The molecule has 138 valence electrons. The lowest BCUT2D eigenvalue weighted by atomic mass is 9.79. The largest absolute Gasteiger partial charge is 0.508 e. The van der Waals surface area contributed by atoms with E-state index in [-0.39, 0.29) is 10.6 Å². The molecule has 1 N–H and O–H groups in total. The van der Waals surface area contributed by atoms with Crippen molar-refractivity contribution in [1.82, 2.24) is 0 Å². The van der Waals surface area contributed by atoms with Crippen molar-refractivity contribution >= 4 is 10.1 Å². The summed E-state index contributed by atoms with van der Waals surface area (Å²) >= 11 is 0. The van der Waals surface area contributed by atoms with Crippen LogP contribution < -0.4 is 0 Å². The van der Waals surface area contributed by atoms with Gasteiger partial charge >= 0.3 is 0 Å². The summed E-state index contributed by atoms with van der Waals surface area (Å²) in [6.45, 7) is 5.78. The van der Waals surface area contributed by atoms with E-state index >= 15 is 0 Å². The van der Waals surface area contributed by atoms with Gasteiger partial charge in [0.2, 0.25) is 0 Å². The number of hydrogen-bond acceptors (Lipinski definition) is 4. The number of fused-ring (bicyclic) bond motifs is 1. The molecule has 0 fully saturated rings. The van der Waals surface area contributed by atoms with Gasteiger partial charge in [-0.2, -0.15) is 8.42 Å². The number of hydrogen-bond donors (Lipinski definition) is 1. The minimum absolute atomic E-state index is 0.156. The molecule has 1 aliphatic heterocycles. The molecule has 1 atom stereocenters. The van der Waals surface area contributed by atoms with Gasteiger partial charge in [0, 0.05) is 5.56 Å². The molecular weight excluding hydrogens is 360 g/mol. The summed E-state index contributed by atoms with van der Waals surface area (Å²) < 4.78 is 31.6. The second-order valence-corrected chi connectivity index (χ2v) is 8.53. The van der Waals surface area contributed by atoms with Crippen LogP contribution >= 0.6 is 0 Å². The van der Waals surface area contributed by atoms with Crippen LogP contribution in [0.1, 0.15) is 33.4 Å². The lowest BCUT2D eigenvalue weighted by Crippen LogP contribution is -2.29. The summed E-state index contributed by atoms with van der Waals surface area (Å²) in [6.07, 6.45) is 0. The van der Waals surface area contributed by atoms with Crippen molar-refractivity contribution in [2.24, 2.45) is 0 Å². The Bertz CT molecular complexity index is 1110. The maximum Gasteiger partial charge on any atom is 0.298 e. The molecule has 0 aromatic heterocycles. The summed E-state index contributed by atoms with van der Waals surface area (Å²) in [5, 5.41) is 9.96. The Hall–Kier alpha value is -2.63.